The molecule has 5 amide bonds. The van der Waals surface area contributed by atoms with Crippen LogP contribution in [0.4, 0.5) is 5.82 Å². The Labute approximate surface area is 534 Å². The Hall–Kier alpha value is -7.93. The molecule has 1 aromatic carbocycles. The van der Waals surface area contributed by atoms with Gasteiger partial charge in [-0.25, -0.2) is 34.9 Å². The second-order valence-electron chi connectivity index (χ2n) is 21.8. The van der Waals surface area contributed by atoms with Crippen LogP contribution in [0.3, 0.4) is 0 Å². The topological polar surface area (TPSA) is 328 Å². The lowest BCUT2D eigenvalue weighted by Gasteiger charge is -2.24. The fourth-order valence-electron chi connectivity index (χ4n) is 10.6. The van der Waals surface area contributed by atoms with Crippen molar-refractivity contribution in [2.24, 2.45) is 17.8 Å². The molecule has 0 radical (unpaired) electrons. The highest BCUT2D eigenvalue weighted by atomic mass is 32.1. The summed E-state index contributed by atoms with van der Waals surface area (Å²) in [7, 11) is 2.98. The number of benzene rings is 1. The molecule has 1 fully saturated rings. The van der Waals surface area contributed by atoms with Gasteiger partial charge in [-0.05, 0) is 56.2 Å². The lowest BCUT2D eigenvalue weighted by Crippen LogP contribution is -2.40. The number of methoxy groups -OCH3 is 1. The SMILES string of the molecule is CNC(=O)C[C@@H]1NC(=O)c2csc(n2)-c2ccc(-c3nc(N(CCCC(=O)O)C(=O)[C@@H]4CC[C@@H](C(=O)O)C4)cs3)nc2-c2csc(n2)-c2csc(n2)[C@H]([C@@H](C)c2ccccc2)NC(=O)CNC(=O)c2nc(sc2COC)C(C(C)C)CC(=O)c2nc1sc2C. The van der Waals surface area contributed by atoms with Crippen molar-refractivity contribution >= 4 is 121 Å². The summed E-state index contributed by atoms with van der Waals surface area (Å²) in [5.74, 6) is -6.61. The van der Waals surface area contributed by atoms with E-state index in [-0.39, 0.29) is 91.7 Å². The van der Waals surface area contributed by atoms with Crippen molar-refractivity contribution in [3.05, 3.63) is 111 Å². The zero-order valence-electron chi connectivity index (χ0n) is 49.1. The number of fused-ring (bicyclic) bond motifs is 14. The molecule has 89 heavy (non-hydrogen) atoms. The van der Waals surface area contributed by atoms with Gasteiger partial charge in [-0.1, -0.05) is 51.1 Å². The Morgan fingerprint density at radius 1 is 0.730 bits per heavy atom. The zero-order chi connectivity index (χ0) is 63.2. The number of nitrogens with zero attached hydrogens (tertiary/aromatic N) is 8. The number of nitrogens with one attached hydrogen (secondary N) is 4. The minimum absolute atomic E-state index is 0.0223. The number of Topliss-reactive ketones (excluding diaryl/α,β-unsaturated/α-hetero) is 1. The van der Waals surface area contributed by atoms with Crippen molar-refractivity contribution in [2.75, 3.05) is 32.1 Å². The number of carboxylic acid groups (broad SMARTS) is 2. The predicted octanol–water partition coefficient (Wildman–Crippen LogP) is 9.97. The number of ether oxygens (including phenoxy) is 1. The number of hydrogen-bond donors (Lipinski definition) is 6. The first kappa shape index (κ1) is 64.1. The summed E-state index contributed by atoms with van der Waals surface area (Å²) in [4.78, 5) is 145. The molecule has 7 aromatic heterocycles. The summed E-state index contributed by atoms with van der Waals surface area (Å²) in [5.41, 5.74) is 3.34. The molecule has 23 nitrogen and oxygen atoms in total. The Balaban J connectivity index is 1.05. The van der Waals surface area contributed by atoms with Gasteiger partial charge in [0.1, 0.15) is 65.0 Å². The molecule has 8 aromatic rings. The van der Waals surface area contributed by atoms with E-state index in [1.807, 2.05) is 61.9 Å². The molecule has 0 saturated heterocycles. The number of carboxylic acids is 2. The Bertz CT molecular complexity index is 3960. The Morgan fingerprint density at radius 3 is 2.17 bits per heavy atom. The van der Waals surface area contributed by atoms with Crippen LogP contribution in [0.15, 0.2) is 64.0 Å². The molecule has 6 atom stereocenters. The third kappa shape index (κ3) is 14.7. The maximum absolute atomic E-state index is 14.4. The maximum atomic E-state index is 14.4. The third-order valence-corrected chi connectivity index (χ3v) is 21.2. The van der Waals surface area contributed by atoms with E-state index >= 15 is 0 Å². The number of aryl methyl sites for hydroxylation is 1. The van der Waals surface area contributed by atoms with Gasteiger partial charge in [-0.2, -0.15) is 0 Å². The number of anilines is 1. The number of carbonyl (C=O) groups is 8. The predicted molar refractivity (Wildman–Crippen MR) is 340 cm³/mol. The van der Waals surface area contributed by atoms with Crippen molar-refractivity contribution in [3.8, 4) is 43.4 Å². The average molecular weight is 1320 g/mol. The molecule has 1 saturated carbocycles. The summed E-state index contributed by atoms with van der Waals surface area (Å²) in [6.45, 7) is 7.31. The minimum atomic E-state index is -1.03. The van der Waals surface area contributed by atoms with E-state index in [9.17, 15) is 48.6 Å². The summed E-state index contributed by atoms with van der Waals surface area (Å²) in [6.07, 6.45) is 0.563. The molecule has 10 bridgehead atoms. The minimum Gasteiger partial charge on any atom is -0.481 e. The van der Waals surface area contributed by atoms with Crippen molar-refractivity contribution in [3.63, 3.8) is 0 Å². The molecule has 2 aliphatic rings. The molecule has 29 heteroatoms. The van der Waals surface area contributed by atoms with Gasteiger partial charge in [0.25, 0.3) is 11.8 Å². The summed E-state index contributed by atoms with van der Waals surface area (Å²) in [5, 5.41) is 40.3. The number of amides is 5. The molecule has 0 spiro atoms. The number of carbonyl (C=O) groups excluding carboxylic acids is 6. The van der Waals surface area contributed by atoms with Crippen LogP contribution in [0.5, 0.6) is 0 Å². The van der Waals surface area contributed by atoms with Gasteiger partial charge in [0.05, 0.1) is 53.2 Å². The number of thiazole rings is 6. The maximum Gasteiger partial charge on any atom is 0.306 e. The molecule has 1 aliphatic carbocycles. The molecule has 6 N–H and O–H groups in total. The smallest absolute Gasteiger partial charge is 0.306 e. The molecule has 1 aliphatic heterocycles. The van der Waals surface area contributed by atoms with Gasteiger partial charge >= 0.3 is 11.9 Å². The van der Waals surface area contributed by atoms with Gasteiger partial charge < -0.3 is 36.2 Å². The highest BCUT2D eigenvalue weighted by Gasteiger charge is 2.38. The summed E-state index contributed by atoms with van der Waals surface area (Å²) < 4.78 is 5.50. The highest BCUT2D eigenvalue weighted by molar-refractivity contribution is 7.15. The van der Waals surface area contributed by atoms with Crippen molar-refractivity contribution < 1.29 is 53.3 Å². The van der Waals surface area contributed by atoms with Crippen LogP contribution in [0.2, 0.25) is 0 Å². The van der Waals surface area contributed by atoms with E-state index in [4.69, 9.17) is 39.6 Å². The standard InChI is InChI=1S/C60H62N12O11S6/c1-28(2)35-20-41(73)48-30(4)88-57(70-48)37(21-44(74)61-5)64-51(78)39-25-84-53(66-39)34-16-17-36(55-68-43(27-87-55)72(18-10-13-46(76)77)59(80)32-14-15-33(19-32)60(81)82)63-49(34)38-24-85-56(65-38)40-26-86-58(67-40)47(29(3)31-11-8-7-9-12-31)69-45(75)22-62-52(79)50-42(23-83-6)89-54(35)71-50/h7-9,11-12,16-17,24-29,32-33,35,37,47H,10,13-15,18-23H2,1-6H3,(H,61,74)(H,62,79)(H,64,78)(H,69,75)(H,76,77)(H,81,82)/t29-,32+,33+,35?,37-,47-/m0/s1. The quantitative estimate of drug-likeness (QED) is 0.0556. The molecule has 464 valence electrons. The fraction of sp³-hybridized carbons (Fsp3) is 0.383. The lowest BCUT2D eigenvalue weighted by molar-refractivity contribution is -0.141. The number of aromatic nitrogens is 7. The fourth-order valence-corrected chi connectivity index (χ4v) is 16.3. The van der Waals surface area contributed by atoms with Gasteiger partial charge in [0, 0.05) is 83.3 Å². The molecule has 1 unspecified atom stereocenters. The second kappa shape index (κ2) is 28.3. The third-order valence-electron chi connectivity index (χ3n) is 15.4. The monoisotopic (exact) mass is 1320 g/mol. The number of rotatable bonds is 15. The zero-order valence-corrected chi connectivity index (χ0v) is 54.0. The van der Waals surface area contributed by atoms with E-state index in [1.165, 1.54) is 87.1 Å². The van der Waals surface area contributed by atoms with Crippen LogP contribution in [-0.2, 0) is 35.3 Å². The van der Waals surface area contributed by atoms with Gasteiger partial charge in [0.15, 0.2) is 5.78 Å². The summed E-state index contributed by atoms with van der Waals surface area (Å²) >= 11 is 7.44. The average Bonchev–Trinajstić information content (AvgIpc) is 1.83. The van der Waals surface area contributed by atoms with E-state index < -0.39 is 71.9 Å². The first-order valence-electron chi connectivity index (χ1n) is 28.5. The van der Waals surface area contributed by atoms with E-state index in [0.717, 1.165) is 5.56 Å². The van der Waals surface area contributed by atoms with E-state index in [1.54, 1.807) is 29.8 Å². The lowest BCUT2D eigenvalue weighted by atomic mass is 9.90. The van der Waals surface area contributed by atoms with Crippen LogP contribution in [-0.4, -0.2) is 120 Å². The van der Waals surface area contributed by atoms with Gasteiger partial charge in [-0.3, -0.25) is 43.3 Å². The second-order valence-corrected chi connectivity index (χ2v) is 27.6. The van der Waals surface area contributed by atoms with E-state index in [2.05, 4.69) is 21.3 Å². The number of aliphatic carboxylic acids is 2. The Kier molecular flexibility index (Phi) is 20.4. The van der Waals surface area contributed by atoms with Crippen LogP contribution in [0.1, 0.15) is 151 Å². The number of hydrogen-bond acceptors (Lipinski definition) is 22. The van der Waals surface area contributed by atoms with Gasteiger partial charge in [0.2, 0.25) is 17.7 Å². The molecule has 10 rings (SSSR count). The Morgan fingerprint density at radius 2 is 1.44 bits per heavy atom. The number of ketones is 1. The van der Waals surface area contributed by atoms with Crippen molar-refractivity contribution in [2.45, 2.75) is 103 Å². The summed E-state index contributed by atoms with van der Waals surface area (Å²) in [6, 6.07) is 11.5. The highest BCUT2D eigenvalue weighted by Crippen LogP contribution is 2.42. The van der Waals surface area contributed by atoms with Crippen LogP contribution in [0.25, 0.3) is 43.4 Å². The van der Waals surface area contributed by atoms with E-state index in [0.29, 0.717) is 81.0 Å². The van der Waals surface area contributed by atoms with Crippen LogP contribution >= 0.6 is 68.0 Å². The van der Waals surface area contributed by atoms with Crippen LogP contribution < -0.4 is 26.2 Å². The van der Waals surface area contributed by atoms with Crippen LogP contribution in [0, 0.1) is 24.7 Å². The van der Waals surface area contributed by atoms with Crippen molar-refractivity contribution in [1.82, 2.24) is 56.2 Å². The van der Waals surface area contributed by atoms with Crippen molar-refractivity contribution in [1.29, 1.82) is 0 Å². The molecular formula is C60H62N12O11S6. The normalized spacial score (nSPS) is 18.6. The first-order chi connectivity index (χ1) is 42.8. The van der Waals surface area contributed by atoms with Gasteiger partial charge in [-0.15, -0.1) is 68.0 Å². The molecular weight excluding hydrogens is 1260 g/mol. The largest absolute Gasteiger partial charge is 0.481 e. The number of pyridine rings is 1. The molecule has 8 heterocycles. The first-order valence-corrected chi connectivity index (χ1v) is 33.7.